The van der Waals surface area contributed by atoms with Crippen LogP contribution in [-0.4, -0.2) is 23.0 Å². The van der Waals surface area contributed by atoms with Crippen molar-refractivity contribution in [3.8, 4) is 0 Å². The van der Waals surface area contributed by atoms with Gasteiger partial charge in [-0.3, -0.25) is 4.57 Å². The molecule has 0 saturated carbocycles. The first-order valence-electron chi connectivity index (χ1n) is 2.45. The average Bonchev–Trinajstić information content (AvgIpc) is 1.55. The summed E-state index contributed by atoms with van der Waals surface area (Å²) < 4.78 is 14.3. The van der Waals surface area contributed by atoms with Crippen molar-refractivity contribution < 1.29 is 14.1 Å². The molecule has 0 radical (unpaired) electrons. The SMILES string of the molecule is O=[PH](O)ON1CCC1. The van der Waals surface area contributed by atoms with E-state index in [4.69, 9.17) is 4.89 Å². The molecule has 1 unspecified atom stereocenters. The van der Waals surface area contributed by atoms with E-state index in [1.807, 2.05) is 0 Å². The standard InChI is InChI=1S/C3H8NO3P/c5-8(6)7-4-2-1-3-4/h8H,1-3H2,(H,5,6). The van der Waals surface area contributed by atoms with Gasteiger partial charge in [-0.1, -0.05) is 0 Å². The molecule has 1 heterocycles. The Hall–Kier alpha value is 0.110. The van der Waals surface area contributed by atoms with Crippen molar-refractivity contribution in [2.75, 3.05) is 13.1 Å². The molecule has 0 aromatic rings. The summed E-state index contributed by atoms with van der Waals surface area (Å²) >= 11 is 0. The van der Waals surface area contributed by atoms with E-state index in [1.165, 1.54) is 5.06 Å². The van der Waals surface area contributed by atoms with E-state index < -0.39 is 8.25 Å². The number of rotatable bonds is 2. The quantitative estimate of drug-likeness (QED) is 0.544. The maximum atomic E-state index is 9.92. The smallest absolute Gasteiger partial charge is 0.325 e. The molecule has 0 bridgehead atoms. The Morgan fingerprint density at radius 3 is 2.38 bits per heavy atom. The maximum Gasteiger partial charge on any atom is 0.333 e. The minimum atomic E-state index is -2.72. The second-order valence-electron chi connectivity index (χ2n) is 1.64. The Kier molecular flexibility index (Phi) is 2.02. The molecule has 1 rings (SSSR count). The van der Waals surface area contributed by atoms with Crippen molar-refractivity contribution in [3.05, 3.63) is 0 Å². The zero-order chi connectivity index (χ0) is 5.98. The van der Waals surface area contributed by atoms with Gasteiger partial charge in [0.2, 0.25) is 0 Å². The summed E-state index contributed by atoms with van der Waals surface area (Å²) in [4.78, 5) is 8.17. The zero-order valence-electron chi connectivity index (χ0n) is 4.33. The van der Waals surface area contributed by atoms with Crippen LogP contribution in [0.5, 0.6) is 0 Å². The van der Waals surface area contributed by atoms with Gasteiger partial charge in [0, 0.05) is 13.1 Å². The Morgan fingerprint density at radius 2 is 2.25 bits per heavy atom. The largest absolute Gasteiger partial charge is 0.333 e. The Morgan fingerprint density at radius 1 is 1.62 bits per heavy atom. The van der Waals surface area contributed by atoms with Gasteiger partial charge in [0.05, 0.1) is 0 Å². The Bertz CT molecular complexity index is 103. The molecule has 48 valence electrons. The van der Waals surface area contributed by atoms with Gasteiger partial charge in [-0.25, -0.2) is 4.62 Å². The van der Waals surface area contributed by atoms with Crippen LogP contribution >= 0.6 is 8.25 Å². The number of hydrogen-bond donors (Lipinski definition) is 1. The van der Waals surface area contributed by atoms with Gasteiger partial charge >= 0.3 is 8.25 Å². The van der Waals surface area contributed by atoms with Crippen molar-refractivity contribution in [2.24, 2.45) is 0 Å². The fourth-order valence-electron chi connectivity index (χ4n) is 0.489. The Labute approximate surface area is 48.0 Å². The third-order valence-corrected chi connectivity index (χ3v) is 1.44. The fourth-order valence-corrected chi connectivity index (χ4v) is 0.892. The van der Waals surface area contributed by atoms with Crippen molar-refractivity contribution in [1.82, 2.24) is 5.06 Å². The Balaban J connectivity index is 2.09. The van der Waals surface area contributed by atoms with Gasteiger partial charge in [0.15, 0.2) is 0 Å². The molecule has 1 aliphatic heterocycles. The van der Waals surface area contributed by atoms with Gasteiger partial charge in [0.1, 0.15) is 0 Å². The van der Waals surface area contributed by atoms with Gasteiger partial charge in [-0.05, 0) is 6.42 Å². The van der Waals surface area contributed by atoms with E-state index in [0.717, 1.165) is 19.5 Å². The van der Waals surface area contributed by atoms with Crippen LogP contribution in [0.2, 0.25) is 0 Å². The lowest BCUT2D eigenvalue weighted by Gasteiger charge is -2.27. The van der Waals surface area contributed by atoms with E-state index in [9.17, 15) is 4.57 Å². The molecule has 0 amide bonds. The van der Waals surface area contributed by atoms with E-state index in [0.29, 0.717) is 0 Å². The summed E-state index contributed by atoms with van der Waals surface area (Å²) in [7, 11) is -2.72. The average molecular weight is 137 g/mol. The van der Waals surface area contributed by atoms with Gasteiger partial charge in [-0.2, -0.15) is 5.06 Å². The van der Waals surface area contributed by atoms with Crippen LogP contribution < -0.4 is 0 Å². The number of nitrogens with zero attached hydrogens (tertiary/aromatic N) is 1. The highest BCUT2D eigenvalue weighted by atomic mass is 31.1. The molecular formula is C3H8NO3P. The van der Waals surface area contributed by atoms with Crippen LogP contribution in [0.3, 0.4) is 0 Å². The molecule has 5 heteroatoms. The predicted octanol–water partition coefficient (Wildman–Crippen LogP) is 0.00570. The maximum absolute atomic E-state index is 9.92. The monoisotopic (exact) mass is 137 g/mol. The van der Waals surface area contributed by atoms with Crippen LogP contribution in [0, 0.1) is 0 Å². The number of hydroxylamine groups is 2. The van der Waals surface area contributed by atoms with E-state index in [1.54, 1.807) is 0 Å². The molecule has 0 spiro atoms. The van der Waals surface area contributed by atoms with Gasteiger partial charge in [-0.15, -0.1) is 0 Å². The predicted molar refractivity (Wildman–Crippen MR) is 28.5 cm³/mol. The highest BCUT2D eigenvalue weighted by Crippen LogP contribution is 2.21. The first-order valence-corrected chi connectivity index (χ1v) is 3.71. The first-order chi connectivity index (χ1) is 3.79. The van der Waals surface area contributed by atoms with E-state index in [-0.39, 0.29) is 0 Å². The molecule has 1 saturated heterocycles. The van der Waals surface area contributed by atoms with Crippen molar-refractivity contribution in [2.45, 2.75) is 6.42 Å². The summed E-state index contributed by atoms with van der Waals surface area (Å²) in [5.41, 5.74) is 0. The van der Waals surface area contributed by atoms with Gasteiger partial charge in [0.25, 0.3) is 0 Å². The molecule has 1 atom stereocenters. The normalized spacial score (nSPS) is 24.6. The highest BCUT2D eigenvalue weighted by Gasteiger charge is 2.15. The van der Waals surface area contributed by atoms with Crippen molar-refractivity contribution in [1.29, 1.82) is 0 Å². The summed E-state index contributed by atoms with van der Waals surface area (Å²) in [5.74, 6) is 0. The van der Waals surface area contributed by atoms with Crippen molar-refractivity contribution >= 4 is 8.25 Å². The lowest BCUT2D eigenvalue weighted by atomic mass is 10.3. The molecule has 0 aromatic heterocycles. The highest BCUT2D eigenvalue weighted by molar-refractivity contribution is 7.32. The van der Waals surface area contributed by atoms with E-state index in [2.05, 4.69) is 4.62 Å². The first kappa shape index (κ1) is 6.23. The van der Waals surface area contributed by atoms with Crippen LogP contribution in [0.4, 0.5) is 0 Å². The topological polar surface area (TPSA) is 49.8 Å². The molecule has 0 aliphatic carbocycles. The zero-order valence-corrected chi connectivity index (χ0v) is 5.33. The summed E-state index contributed by atoms with van der Waals surface area (Å²) in [6.45, 7) is 1.58. The minimum absolute atomic E-state index is 0.789. The van der Waals surface area contributed by atoms with Crippen LogP contribution in [0.25, 0.3) is 0 Å². The van der Waals surface area contributed by atoms with Gasteiger partial charge < -0.3 is 4.89 Å². The molecule has 8 heavy (non-hydrogen) atoms. The molecule has 4 nitrogen and oxygen atoms in total. The third-order valence-electron chi connectivity index (χ3n) is 1.02. The minimum Gasteiger partial charge on any atom is -0.325 e. The third kappa shape index (κ3) is 1.56. The fraction of sp³-hybridized carbons (Fsp3) is 1.00. The molecule has 0 aromatic carbocycles. The number of hydrogen-bond acceptors (Lipinski definition) is 3. The lowest BCUT2D eigenvalue weighted by Crippen LogP contribution is -2.34. The summed E-state index contributed by atoms with van der Waals surface area (Å²) in [5, 5.41) is 1.49. The molecular weight excluding hydrogens is 129 g/mol. The van der Waals surface area contributed by atoms with E-state index >= 15 is 0 Å². The second kappa shape index (κ2) is 2.60. The summed E-state index contributed by atoms with van der Waals surface area (Å²) in [6.07, 6.45) is 1.06. The van der Waals surface area contributed by atoms with Crippen LogP contribution in [0.1, 0.15) is 6.42 Å². The molecule has 1 fully saturated rings. The molecule has 1 aliphatic rings. The summed E-state index contributed by atoms with van der Waals surface area (Å²) in [6, 6.07) is 0. The second-order valence-corrected chi connectivity index (χ2v) is 2.35. The van der Waals surface area contributed by atoms with Crippen molar-refractivity contribution in [3.63, 3.8) is 0 Å². The lowest BCUT2D eigenvalue weighted by molar-refractivity contribution is -0.108. The van der Waals surface area contributed by atoms with Crippen LogP contribution in [-0.2, 0) is 9.19 Å². The van der Waals surface area contributed by atoms with Crippen LogP contribution in [0.15, 0.2) is 0 Å². The molecule has 1 N–H and O–H groups in total.